The minimum absolute atomic E-state index is 0.199. The van der Waals surface area contributed by atoms with Gasteiger partial charge in [-0.3, -0.25) is 9.59 Å². The summed E-state index contributed by atoms with van der Waals surface area (Å²) in [5, 5.41) is 3.16. The van der Waals surface area contributed by atoms with Crippen molar-refractivity contribution in [1.29, 1.82) is 0 Å². The molecule has 6 nitrogen and oxygen atoms in total. The van der Waals surface area contributed by atoms with E-state index in [0.717, 1.165) is 11.3 Å². The van der Waals surface area contributed by atoms with Crippen molar-refractivity contribution < 1.29 is 19.1 Å². The van der Waals surface area contributed by atoms with Crippen LogP contribution in [0.1, 0.15) is 18.1 Å². The highest BCUT2D eigenvalue weighted by molar-refractivity contribution is 6.46. The fourth-order valence-corrected chi connectivity index (χ4v) is 3.69. The fourth-order valence-electron chi connectivity index (χ4n) is 3.69. The Morgan fingerprint density at radius 2 is 1.66 bits per heavy atom. The molecule has 4 rings (SSSR count). The van der Waals surface area contributed by atoms with E-state index in [4.69, 9.17) is 9.47 Å². The summed E-state index contributed by atoms with van der Waals surface area (Å²) in [4.78, 5) is 28.3. The lowest BCUT2D eigenvalue weighted by Gasteiger charge is -2.16. The van der Waals surface area contributed by atoms with Gasteiger partial charge >= 0.3 is 0 Å². The van der Waals surface area contributed by atoms with E-state index in [1.165, 1.54) is 4.90 Å². The highest BCUT2D eigenvalue weighted by atomic mass is 16.5. The second-order valence-electron chi connectivity index (χ2n) is 7.32. The number of nitrogens with one attached hydrogen (secondary N) is 1. The molecule has 0 aliphatic carbocycles. The van der Waals surface area contributed by atoms with Crippen LogP contribution in [0.25, 0.3) is 5.57 Å². The molecule has 3 aromatic carbocycles. The van der Waals surface area contributed by atoms with E-state index < -0.39 is 11.8 Å². The maximum absolute atomic E-state index is 13.6. The molecule has 1 N–H and O–H groups in total. The highest BCUT2D eigenvalue weighted by Gasteiger charge is 2.41. The number of imide groups is 1. The molecule has 6 heteroatoms. The Bertz CT molecular complexity index is 1200. The van der Waals surface area contributed by atoms with E-state index >= 15 is 0 Å². The predicted molar refractivity (Wildman–Crippen MR) is 125 cm³/mol. The second-order valence-corrected chi connectivity index (χ2v) is 7.32. The van der Waals surface area contributed by atoms with Gasteiger partial charge < -0.3 is 14.8 Å². The molecule has 162 valence electrons. The maximum atomic E-state index is 13.6. The summed E-state index contributed by atoms with van der Waals surface area (Å²) < 4.78 is 11.0. The van der Waals surface area contributed by atoms with E-state index in [9.17, 15) is 9.59 Å². The standard InChI is InChI=1S/C26H24N2O4/c1-4-32-20-14-12-18(13-15-20)27-24-23(21-10-5-6-11-22(21)31-3)25(29)28(26(24)30)19-9-7-8-17(2)16-19/h5-16,27H,4H2,1-3H3. The van der Waals surface area contributed by atoms with E-state index in [-0.39, 0.29) is 11.3 Å². The number of anilines is 2. The van der Waals surface area contributed by atoms with Gasteiger partial charge in [-0.05, 0) is 61.9 Å². The molecule has 32 heavy (non-hydrogen) atoms. The number of carbonyl (C=O) groups excluding carboxylic acids is 2. The SMILES string of the molecule is CCOc1ccc(NC2=C(c3ccccc3OC)C(=O)N(c3cccc(C)c3)C2=O)cc1. The highest BCUT2D eigenvalue weighted by Crippen LogP contribution is 2.37. The normalized spacial score (nSPS) is 13.5. The number of rotatable bonds is 7. The van der Waals surface area contributed by atoms with Crippen LogP contribution in [-0.4, -0.2) is 25.5 Å². The van der Waals surface area contributed by atoms with Crippen molar-refractivity contribution >= 4 is 28.8 Å². The molecule has 1 aliphatic rings. The number of carbonyl (C=O) groups is 2. The molecule has 0 bridgehead atoms. The first-order valence-electron chi connectivity index (χ1n) is 10.4. The van der Waals surface area contributed by atoms with Crippen molar-refractivity contribution in [3.63, 3.8) is 0 Å². The van der Waals surface area contributed by atoms with Crippen molar-refractivity contribution in [2.75, 3.05) is 23.9 Å². The van der Waals surface area contributed by atoms with Gasteiger partial charge in [-0.1, -0.05) is 30.3 Å². The van der Waals surface area contributed by atoms with Crippen molar-refractivity contribution in [3.8, 4) is 11.5 Å². The molecule has 0 fully saturated rings. The van der Waals surface area contributed by atoms with Gasteiger partial charge in [0.2, 0.25) is 0 Å². The van der Waals surface area contributed by atoms with Crippen LogP contribution in [0.2, 0.25) is 0 Å². The lowest BCUT2D eigenvalue weighted by molar-refractivity contribution is -0.120. The summed E-state index contributed by atoms with van der Waals surface area (Å²) in [6.45, 7) is 4.40. The third kappa shape index (κ3) is 3.95. The zero-order valence-corrected chi connectivity index (χ0v) is 18.2. The number of benzene rings is 3. The molecule has 1 heterocycles. The number of methoxy groups -OCH3 is 1. The van der Waals surface area contributed by atoms with E-state index in [0.29, 0.717) is 29.3 Å². The number of aryl methyl sites for hydroxylation is 1. The molecule has 3 aromatic rings. The fraction of sp³-hybridized carbons (Fsp3) is 0.154. The van der Waals surface area contributed by atoms with Gasteiger partial charge in [0, 0.05) is 11.3 Å². The smallest absolute Gasteiger partial charge is 0.282 e. The molecular weight excluding hydrogens is 404 g/mol. The lowest BCUT2D eigenvalue weighted by Crippen LogP contribution is -2.32. The number of ether oxygens (including phenoxy) is 2. The van der Waals surface area contributed by atoms with Crippen LogP contribution in [0.4, 0.5) is 11.4 Å². The Morgan fingerprint density at radius 1 is 0.906 bits per heavy atom. The van der Waals surface area contributed by atoms with Crippen LogP contribution in [0.15, 0.2) is 78.5 Å². The van der Waals surface area contributed by atoms with Crippen molar-refractivity contribution in [3.05, 3.63) is 89.6 Å². The average molecular weight is 428 g/mol. The zero-order chi connectivity index (χ0) is 22.7. The maximum Gasteiger partial charge on any atom is 0.282 e. The van der Waals surface area contributed by atoms with E-state index in [1.807, 2.05) is 68.4 Å². The summed E-state index contributed by atoms with van der Waals surface area (Å²) in [5.41, 5.74) is 3.17. The molecule has 0 unspecified atom stereocenters. The van der Waals surface area contributed by atoms with Crippen LogP contribution in [0.5, 0.6) is 11.5 Å². The summed E-state index contributed by atoms with van der Waals surface area (Å²) in [6, 6.07) is 21.7. The Morgan fingerprint density at radius 3 is 2.34 bits per heavy atom. The quantitative estimate of drug-likeness (QED) is 0.548. The van der Waals surface area contributed by atoms with Crippen LogP contribution in [0, 0.1) is 6.92 Å². The largest absolute Gasteiger partial charge is 0.496 e. The first kappa shape index (κ1) is 21.2. The van der Waals surface area contributed by atoms with Gasteiger partial charge in [-0.15, -0.1) is 0 Å². The Kier molecular flexibility index (Phi) is 5.94. The Labute approximate surface area is 187 Å². The Hall–Kier alpha value is -4.06. The van der Waals surface area contributed by atoms with Crippen LogP contribution in [-0.2, 0) is 9.59 Å². The third-order valence-corrected chi connectivity index (χ3v) is 5.15. The molecular formula is C26H24N2O4. The molecule has 0 aromatic heterocycles. The van der Waals surface area contributed by atoms with Gasteiger partial charge in [0.15, 0.2) is 0 Å². The molecule has 0 spiro atoms. The number of hydrogen-bond donors (Lipinski definition) is 1. The molecule has 1 aliphatic heterocycles. The van der Waals surface area contributed by atoms with E-state index in [1.54, 1.807) is 25.3 Å². The van der Waals surface area contributed by atoms with Gasteiger partial charge in [0.05, 0.1) is 25.0 Å². The zero-order valence-electron chi connectivity index (χ0n) is 18.2. The molecule has 0 saturated heterocycles. The van der Waals surface area contributed by atoms with Crippen molar-refractivity contribution in [2.45, 2.75) is 13.8 Å². The summed E-state index contributed by atoms with van der Waals surface area (Å²) in [5.74, 6) is 0.418. The summed E-state index contributed by atoms with van der Waals surface area (Å²) in [7, 11) is 1.54. The summed E-state index contributed by atoms with van der Waals surface area (Å²) in [6.07, 6.45) is 0. The van der Waals surface area contributed by atoms with Gasteiger partial charge in [-0.25, -0.2) is 4.90 Å². The predicted octanol–water partition coefficient (Wildman–Crippen LogP) is 4.80. The second kappa shape index (κ2) is 8.98. The Balaban J connectivity index is 1.81. The molecule has 0 radical (unpaired) electrons. The number of hydrogen-bond acceptors (Lipinski definition) is 5. The van der Waals surface area contributed by atoms with Gasteiger partial charge in [0.25, 0.3) is 11.8 Å². The summed E-state index contributed by atoms with van der Waals surface area (Å²) >= 11 is 0. The minimum atomic E-state index is -0.421. The number of para-hydroxylation sites is 1. The monoisotopic (exact) mass is 428 g/mol. The van der Waals surface area contributed by atoms with Crippen molar-refractivity contribution in [1.82, 2.24) is 0 Å². The van der Waals surface area contributed by atoms with Crippen LogP contribution in [0.3, 0.4) is 0 Å². The lowest BCUT2D eigenvalue weighted by atomic mass is 10.0. The molecule has 2 amide bonds. The average Bonchev–Trinajstić information content (AvgIpc) is 3.04. The number of nitrogens with zero attached hydrogens (tertiary/aromatic N) is 1. The van der Waals surface area contributed by atoms with Crippen LogP contribution >= 0.6 is 0 Å². The minimum Gasteiger partial charge on any atom is -0.496 e. The van der Waals surface area contributed by atoms with Crippen LogP contribution < -0.4 is 19.7 Å². The first-order valence-corrected chi connectivity index (χ1v) is 10.4. The third-order valence-electron chi connectivity index (χ3n) is 5.15. The van der Waals surface area contributed by atoms with Gasteiger partial charge in [0.1, 0.15) is 17.2 Å². The first-order chi connectivity index (χ1) is 15.5. The van der Waals surface area contributed by atoms with Crippen molar-refractivity contribution in [2.24, 2.45) is 0 Å². The molecule has 0 saturated carbocycles. The number of amides is 2. The van der Waals surface area contributed by atoms with Gasteiger partial charge in [-0.2, -0.15) is 0 Å². The molecule has 0 atom stereocenters. The van der Waals surface area contributed by atoms with E-state index in [2.05, 4.69) is 5.32 Å². The topological polar surface area (TPSA) is 67.9 Å².